The zero-order valence-electron chi connectivity index (χ0n) is 16.1. The third-order valence-corrected chi connectivity index (χ3v) is 6.49. The predicted octanol–water partition coefficient (Wildman–Crippen LogP) is 4.50. The first kappa shape index (κ1) is 20.5. The van der Waals surface area contributed by atoms with E-state index >= 15 is 0 Å². The second kappa shape index (κ2) is 9.84. The van der Waals surface area contributed by atoms with Crippen LogP contribution in [0.2, 0.25) is 0 Å². The molecular weight excluding hydrogens is 392 g/mol. The van der Waals surface area contributed by atoms with E-state index in [4.69, 9.17) is 4.99 Å². The third kappa shape index (κ3) is 5.65. The highest BCUT2D eigenvalue weighted by molar-refractivity contribution is 8.14. The standard InChI is InChI=1S/C20H24N4O2S2/c1-14-18(15(2)25)28-19(21-14)23-17(26)13-27-20(24-11-7-4-8-12-24)22-16-9-5-3-6-10-16/h3,5-6,9-10H,4,7-8,11-13H2,1-2H3,(H,21,23,26). The summed E-state index contributed by atoms with van der Waals surface area (Å²) in [5.74, 6) is 0.0646. The number of carbonyl (C=O) groups is 2. The number of piperidine rings is 1. The van der Waals surface area contributed by atoms with Crippen molar-refractivity contribution in [1.82, 2.24) is 9.88 Å². The fourth-order valence-corrected chi connectivity index (χ4v) is 4.70. The van der Waals surface area contributed by atoms with Gasteiger partial charge in [-0.05, 0) is 38.3 Å². The number of nitrogens with one attached hydrogen (secondary N) is 1. The molecule has 8 heteroatoms. The minimum Gasteiger partial charge on any atom is -0.351 e. The van der Waals surface area contributed by atoms with Gasteiger partial charge in [0.05, 0.1) is 22.0 Å². The molecule has 1 aromatic heterocycles. The summed E-state index contributed by atoms with van der Waals surface area (Å²) in [5, 5.41) is 4.14. The highest BCUT2D eigenvalue weighted by Gasteiger charge is 2.18. The minimum atomic E-state index is -0.147. The summed E-state index contributed by atoms with van der Waals surface area (Å²) < 4.78 is 0. The minimum absolute atomic E-state index is 0.0350. The smallest absolute Gasteiger partial charge is 0.236 e. The molecule has 1 amide bonds. The number of thiazole rings is 1. The van der Waals surface area contributed by atoms with Crippen molar-refractivity contribution in [1.29, 1.82) is 0 Å². The molecule has 2 heterocycles. The van der Waals surface area contributed by atoms with E-state index in [0.717, 1.165) is 36.8 Å². The maximum atomic E-state index is 12.4. The quantitative estimate of drug-likeness (QED) is 0.441. The Balaban J connectivity index is 1.65. The molecule has 0 aliphatic carbocycles. The zero-order chi connectivity index (χ0) is 19.9. The molecule has 1 N–H and O–H groups in total. The number of anilines is 1. The number of para-hydroxylation sites is 1. The summed E-state index contributed by atoms with van der Waals surface area (Å²) in [5.41, 5.74) is 1.54. The molecular formula is C20H24N4O2S2. The molecule has 1 aliphatic heterocycles. The highest BCUT2D eigenvalue weighted by atomic mass is 32.2. The van der Waals surface area contributed by atoms with Crippen molar-refractivity contribution in [3.05, 3.63) is 40.9 Å². The molecule has 6 nitrogen and oxygen atoms in total. The van der Waals surface area contributed by atoms with Crippen LogP contribution in [0.25, 0.3) is 0 Å². The monoisotopic (exact) mass is 416 g/mol. The van der Waals surface area contributed by atoms with Gasteiger partial charge >= 0.3 is 0 Å². The van der Waals surface area contributed by atoms with Gasteiger partial charge in [-0.1, -0.05) is 41.3 Å². The van der Waals surface area contributed by atoms with E-state index in [1.807, 2.05) is 30.3 Å². The highest BCUT2D eigenvalue weighted by Crippen LogP contribution is 2.24. The Morgan fingerprint density at radius 2 is 1.93 bits per heavy atom. The number of aromatic nitrogens is 1. The third-order valence-electron chi connectivity index (χ3n) is 4.30. The molecule has 0 atom stereocenters. The Labute approximate surface area is 173 Å². The summed E-state index contributed by atoms with van der Waals surface area (Å²) in [6.07, 6.45) is 3.53. The number of benzene rings is 1. The van der Waals surface area contributed by atoms with E-state index in [-0.39, 0.29) is 17.4 Å². The molecule has 3 rings (SSSR count). The van der Waals surface area contributed by atoms with Crippen LogP contribution in [0.1, 0.15) is 41.6 Å². The van der Waals surface area contributed by atoms with E-state index < -0.39 is 0 Å². The van der Waals surface area contributed by atoms with Crippen LogP contribution in [0.4, 0.5) is 10.8 Å². The molecule has 1 aromatic carbocycles. The fourth-order valence-electron chi connectivity index (χ4n) is 2.95. The van der Waals surface area contributed by atoms with Gasteiger partial charge in [-0.15, -0.1) is 0 Å². The lowest BCUT2D eigenvalue weighted by molar-refractivity contribution is -0.113. The number of thioether (sulfide) groups is 1. The largest absolute Gasteiger partial charge is 0.351 e. The van der Waals surface area contributed by atoms with Crippen molar-refractivity contribution in [2.75, 3.05) is 24.2 Å². The van der Waals surface area contributed by atoms with Crippen molar-refractivity contribution in [2.24, 2.45) is 4.99 Å². The normalized spacial score (nSPS) is 14.8. The van der Waals surface area contributed by atoms with Gasteiger partial charge in [0.15, 0.2) is 16.1 Å². The molecule has 2 aromatic rings. The van der Waals surface area contributed by atoms with Crippen LogP contribution in [0.15, 0.2) is 35.3 Å². The molecule has 1 fully saturated rings. The number of rotatable bonds is 5. The van der Waals surface area contributed by atoms with Crippen LogP contribution in [-0.2, 0) is 4.79 Å². The van der Waals surface area contributed by atoms with Gasteiger partial charge < -0.3 is 10.2 Å². The number of hydrogen-bond acceptors (Lipinski definition) is 6. The Bertz CT molecular complexity index is 858. The molecule has 0 unspecified atom stereocenters. The summed E-state index contributed by atoms with van der Waals surface area (Å²) in [6, 6.07) is 9.81. The van der Waals surface area contributed by atoms with Crippen LogP contribution in [0.5, 0.6) is 0 Å². The van der Waals surface area contributed by atoms with E-state index in [1.165, 1.54) is 36.4 Å². The van der Waals surface area contributed by atoms with E-state index in [9.17, 15) is 9.59 Å². The van der Waals surface area contributed by atoms with Gasteiger partial charge in [0.1, 0.15) is 0 Å². The van der Waals surface area contributed by atoms with E-state index in [1.54, 1.807) is 6.92 Å². The van der Waals surface area contributed by atoms with Crippen LogP contribution < -0.4 is 5.32 Å². The van der Waals surface area contributed by atoms with E-state index in [0.29, 0.717) is 15.7 Å². The maximum Gasteiger partial charge on any atom is 0.236 e. The first-order valence-corrected chi connectivity index (χ1v) is 11.1. The number of hydrogen-bond donors (Lipinski definition) is 1. The topological polar surface area (TPSA) is 74.7 Å². The Morgan fingerprint density at radius 3 is 2.57 bits per heavy atom. The second-order valence-corrected chi connectivity index (χ2v) is 8.55. The summed E-state index contributed by atoms with van der Waals surface area (Å²) >= 11 is 2.66. The van der Waals surface area contributed by atoms with Gasteiger partial charge in [-0.2, -0.15) is 0 Å². The number of carbonyl (C=O) groups excluding carboxylic acids is 2. The van der Waals surface area contributed by atoms with Crippen molar-refractivity contribution in [3.8, 4) is 0 Å². The van der Waals surface area contributed by atoms with Crippen LogP contribution in [0.3, 0.4) is 0 Å². The molecule has 1 saturated heterocycles. The summed E-state index contributed by atoms with van der Waals surface area (Å²) in [6.45, 7) is 5.22. The number of likely N-dealkylation sites (tertiary alicyclic amines) is 1. The first-order valence-electron chi connectivity index (χ1n) is 9.32. The predicted molar refractivity (Wildman–Crippen MR) is 117 cm³/mol. The van der Waals surface area contributed by atoms with Crippen molar-refractivity contribution >= 4 is 50.8 Å². The molecule has 0 radical (unpaired) electrons. The number of nitrogens with zero attached hydrogens (tertiary/aromatic N) is 3. The number of amides is 1. The molecule has 0 saturated carbocycles. The van der Waals surface area contributed by atoms with Gasteiger partial charge in [0.25, 0.3) is 0 Å². The maximum absolute atomic E-state index is 12.4. The van der Waals surface area contributed by atoms with E-state index in [2.05, 4.69) is 15.2 Å². The van der Waals surface area contributed by atoms with Gasteiger partial charge in [-0.25, -0.2) is 9.98 Å². The molecule has 0 bridgehead atoms. The van der Waals surface area contributed by atoms with Crippen molar-refractivity contribution in [3.63, 3.8) is 0 Å². The van der Waals surface area contributed by atoms with Crippen molar-refractivity contribution < 1.29 is 9.59 Å². The Hall–Kier alpha value is -2.19. The van der Waals surface area contributed by atoms with Crippen molar-refractivity contribution in [2.45, 2.75) is 33.1 Å². The van der Waals surface area contributed by atoms with Gasteiger partial charge in [-0.3, -0.25) is 9.59 Å². The fraction of sp³-hybridized carbons (Fsp3) is 0.400. The second-order valence-electron chi connectivity index (χ2n) is 6.60. The average molecular weight is 417 g/mol. The first-order chi connectivity index (χ1) is 13.5. The molecule has 1 aliphatic rings. The Kier molecular flexibility index (Phi) is 7.22. The molecule has 28 heavy (non-hydrogen) atoms. The van der Waals surface area contributed by atoms with Gasteiger partial charge in [0.2, 0.25) is 5.91 Å². The lowest BCUT2D eigenvalue weighted by Gasteiger charge is -2.29. The molecule has 148 valence electrons. The van der Waals surface area contributed by atoms with Crippen LogP contribution >= 0.6 is 23.1 Å². The lowest BCUT2D eigenvalue weighted by atomic mass is 10.1. The Morgan fingerprint density at radius 1 is 1.21 bits per heavy atom. The van der Waals surface area contributed by atoms with Gasteiger partial charge in [0, 0.05) is 20.0 Å². The number of aryl methyl sites for hydroxylation is 1. The average Bonchev–Trinajstić information content (AvgIpc) is 3.07. The summed E-state index contributed by atoms with van der Waals surface area (Å²) in [4.78, 5) is 35.9. The SMILES string of the molecule is CC(=O)c1sc(NC(=O)CSC(=Nc2ccccc2)N2CCCCC2)nc1C. The number of Topliss-reactive ketones (excluding diaryl/α,β-unsaturated/α-hetero) is 1. The zero-order valence-corrected chi connectivity index (χ0v) is 17.7. The number of ketones is 1. The summed E-state index contributed by atoms with van der Waals surface area (Å²) in [7, 11) is 0. The number of amidine groups is 1. The van der Waals surface area contributed by atoms with Crippen LogP contribution in [-0.4, -0.2) is 45.6 Å². The number of aliphatic imine (C=N–C) groups is 1. The van der Waals surface area contributed by atoms with Crippen LogP contribution in [0, 0.1) is 6.92 Å². The molecule has 0 spiro atoms. The lowest BCUT2D eigenvalue weighted by Crippen LogP contribution is -2.34.